The van der Waals surface area contributed by atoms with Crippen LogP contribution >= 0.6 is 24.0 Å². The molecule has 1 amide bonds. The minimum Gasteiger partial charge on any atom is -0.507 e. The van der Waals surface area contributed by atoms with Crippen molar-refractivity contribution < 1.29 is 19.8 Å². The second-order valence-corrected chi connectivity index (χ2v) is 7.27. The minimum absolute atomic E-state index is 0.0507. The molecule has 2 N–H and O–H groups in total. The van der Waals surface area contributed by atoms with Gasteiger partial charge in [-0.15, -0.1) is 0 Å². The highest BCUT2D eigenvalue weighted by Crippen LogP contribution is 2.36. The summed E-state index contributed by atoms with van der Waals surface area (Å²) in [6.45, 7) is 3.79. The molecule has 1 fully saturated rings. The monoisotopic (exact) mass is 351 g/mol. The molecular weight excluding hydrogens is 334 g/mol. The molecule has 1 saturated heterocycles. The van der Waals surface area contributed by atoms with Gasteiger partial charge in [0.25, 0.3) is 5.91 Å². The average Bonchev–Trinajstić information content (AvgIpc) is 2.73. The standard InChI is InChI=1S/C16H17NO4S2/c1-9(2)7-11(15(20)21)17-14(19)13(23-16(17)22)8-10-5-3-4-6-12(10)18/h3-6,8-9,11,18H,7H2,1-2H3,(H,20,21)/b13-8-. The van der Waals surface area contributed by atoms with Crippen LogP contribution in [0.3, 0.4) is 0 Å². The Morgan fingerprint density at radius 2 is 2.04 bits per heavy atom. The summed E-state index contributed by atoms with van der Waals surface area (Å²) in [5.74, 6) is -1.34. The number of benzene rings is 1. The highest BCUT2D eigenvalue weighted by atomic mass is 32.2. The molecule has 1 aliphatic heterocycles. The molecule has 1 aliphatic rings. The Labute approximate surface area is 144 Å². The summed E-state index contributed by atoms with van der Waals surface area (Å²) in [5, 5.41) is 19.2. The van der Waals surface area contributed by atoms with Gasteiger partial charge in [0.1, 0.15) is 16.1 Å². The molecule has 1 aromatic carbocycles. The molecule has 0 aromatic heterocycles. The van der Waals surface area contributed by atoms with Gasteiger partial charge >= 0.3 is 5.97 Å². The predicted octanol–water partition coefficient (Wildman–Crippen LogP) is 3.09. The second-order valence-electron chi connectivity index (χ2n) is 5.59. The van der Waals surface area contributed by atoms with E-state index in [4.69, 9.17) is 12.2 Å². The lowest BCUT2D eigenvalue weighted by molar-refractivity contribution is -0.145. The van der Waals surface area contributed by atoms with E-state index >= 15 is 0 Å². The number of aromatic hydroxyl groups is 1. The van der Waals surface area contributed by atoms with E-state index in [1.807, 2.05) is 13.8 Å². The van der Waals surface area contributed by atoms with Crippen molar-refractivity contribution >= 4 is 46.3 Å². The lowest BCUT2D eigenvalue weighted by Crippen LogP contribution is -2.44. The van der Waals surface area contributed by atoms with Crippen molar-refractivity contribution in [2.45, 2.75) is 26.3 Å². The van der Waals surface area contributed by atoms with Crippen molar-refractivity contribution in [3.8, 4) is 5.75 Å². The van der Waals surface area contributed by atoms with Crippen molar-refractivity contribution in [2.75, 3.05) is 0 Å². The van der Waals surface area contributed by atoms with Gasteiger partial charge in [-0.3, -0.25) is 9.69 Å². The number of aliphatic carboxylic acids is 1. The number of carboxylic acid groups (broad SMARTS) is 1. The third-order valence-corrected chi connectivity index (χ3v) is 4.67. The van der Waals surface area contributed by atoms with Gasteiger partial charge in [-0.2, -0.15) is 0 Å². The molecule has 0 bridgehead atoms. The van der Waals surface area contributed by atoms with E-state index in [0.717, 1.165) is 16.7 Å². The number of nitrogens with zero attached hydrogens (tertiary/aromatic N) is 1. The number of rotatable bonds is 5. The molecule has 5 nitrogen and oxygen atoms in total. The summed E-state index contributed by atoms with van der Waals surface area (Å²) in [6, 6.07) is 5.64. The van der Waals surface area contributed by atoms with Crippen molar-refractivity contribution in [3.63, 3.8) is 0 Å². The topological polar surface area (TPSA) is 77.8 Å². The first-order valence-electron chi connectivity index (χ1n) is 7.09. The molecule has 1 aromatic rings. The van der Waals surface area contributed by atoms with Crippen LogP contribution in [0.25, 0.3) is 6.08 Å². The number of para-hydroxylation sites is 1. The molecular formula is C16H17NO4S2. The molecule has 1 atom stereocenters. The van der Waals surface area contributed by atoms with Gasteiger partial charge < -0.3 is 10.2 Å². The zero-order valence-corrected chi connectivity index (χ0v) is 14.4. The molecule has 0 radical (unpaired) electrons. The van der Waals surface area contributed by atoms with Gasteiger partial charge in [0.2, 0.25) is 0 Å². The van der Waals surface area contributed by atoms with E-state index in [2.05, 4.69) is 0 Å². The number of hydrogen-bond donors (Lipinski definition) is 2. The first-order valence-corrected chi connectivity index (χ1v) is 8.31. The maximum atomic E-state index is 12.6. The van der Waals surface area contributed by atoms with Crippen LogP contribution in [0.2, 0.25) is 0 Å². The number of carbonyl (C=O) groups is 2. The predicted molar refractivity (Wildman–Crippen MR) is 94.0 cm³/mol. The summed E-state index contributed by atoms with van der Waals surface area (Å²) < 4.78 is 0.227. The van der Waals surface area contributed by atoms with Gasteiger partial charge in [0, 0.05) is 5.56 Å². The highest BCUT2D eigenvalue weighted by Gasteiger charge is 2.40. The summed E-state index contributed by atoms with van der Waals surface area (Å²) >= 11 is 6.25. The van der Waals surface area contributed by atoms with Crippen LogP contribution in [0.1, 0.15) is 25.8 Å². The lowest BCUT2D eigenvalue weighted by atomic mass is 10.0. The van der Waals surface area contributed by atoms with Crippen LogP contribution in [-0.2, 0) is 9.59 Å². The lowest BCUT2D eigenvalue weighted by Gasteiger charge is -2.24. The van der Waals surface area contributed by atoms with E-state index in [1.165, 1.54) is 12.1 Å². The number of amides is 1. The van der Waals surface area contributed by atoms with Gasteiger partial charge in [-0.25, -0.2) is 4.79 Å². The SMILES string of the molecule is CC(C)CC(C(=O)O)N1C(=O)/C(=C/c2ccccc2O)SC1=S. The van der Waals surface area contributed by atoms with Crippen molar-refractivity contribution in [2.24, 2.45) is 5.92 Å². The Bertz CT molecular complexity index is 684. The summed E-state index contributed by atoms with van der Waals surface area (Å²) in [6.07, 6.45) is 1.86. The first kappa shape index (κ1) is 17.5. The summed E-state index contributed by atoms with van der Waals surface area (Å²) in [5.41, 5.74) is 0.490. The molecule has 122 valence electrons. The first-order chi connectivity index (χ1) is 10.8. The van der Waals surface area contributed by atoms with E-state index < -0.39 is 17.9 Å². The molecule has 7 heteroatoms. The molecule has 23 heavy (non-hydrogen) atoms. The van der Waals surface area contributed by atoms with Gasteiger partial charge in [0.05, 0.1) is 4.91 Å². The van der Waals surface area contributed by atoms with Crippen LogP contribution in [-0.4, -0.2) is 37.4 Å². The fourth-order valence-corrected chi connectivity index (χ4v) is 3.61. The smallest absolute Gasteiger partial charge is 0.326 e. The van der Waals surface area contributed by atoms with Crippen LogP contribution in [0.15, 0.2) is 29.2 Å². The number of thiocarbonyl (C=S) groups is 1. The summed E-state index contributed by atoms with van der Waals surface area (Å²) in [7, 11) is 0. The number of phenolic OH excluding ortho intramolecular Hbond substituents is 1. The van der Waals surface area contributed by atoms with E-state index in [-0.39, 0.29) is 16.0 Å². The Balaban J connectivity index is 2.32. The number of carbonyl (C=O) groups excluding carboxylic acids is 1. The Morgan fingerprint density at radius 1 is 1.39 bits per heavy atom. The highest BCUT2D eigenvalue weighted by molar-refractivity contribution is 8.26. The Kier molecular flexibility index (Phi) is 5.43. The van der Waals surface area contributed by atoms with E-state index in [0.29, 0.717) is 16.9 Å². The largest absolute Gasteiger partial charge is 0.507 e. The van der Waals surface area contributed by atoms with Crippen molar-refractivity contribution in [3.05, 3.63) is 34.7 Å². The normalized spacial score (nSPS) is 18.0. The molecule has 0 aliphatic carbocycles. The van der Waals surface area contributed by atoms with Crippen LogP contribution in [0.4, 0.5) is 0 Å². The number of phenols is 1. The minimum atomic E-state index is -1.07. The van der Waals surface area contributed by atoms with Crippen LogP contribution in [0, 0.1) is 5.92 Å². The van der Waals surface area contributed by atoms with Crippen molar-refractivity contribution in [1.29, 1.82) is 0 Å². The average molecular weight is 351 g/mol. The zero-order chi connectivity index (χ0) is 17.1. The maximum absolute atomic E-state index is 12.6. The Morgan fingerprint density at radius 3 is 2.61 bits per heavy atom. The van der Waals surface area contributed by atoms with Gasteiger partial charge in [-0.05, 0) is 24.5 Å². The molecule has 1 unspecified atom stereocenters. The third-order valence-electron chi connectivity index (χ3n) is 3.34. The van der Waals surface area contributed by atoms with E-state index in [9.17, 15) is 19.8 Å². The van der Waals surface area contributed by atoms with Gasteiger partial charge in [0.15, 0.2) is 0 Å². The number of carboxylic acids is 1. The molecule has 1 heterocycles. The van der Waals surface area contributed by atoms with Crippen LogP contribution < -0.4 is 0 Å². The van der Waals surface area contributed by atoms with Crippen molar-refractivity contribution in [1.82, 2.24) is 4.90 Å². The number of hydrogen-bond acceptors (Lipinski definition) is 5. The fraction of sp³-hybridized carbons (Fsp3) is 0.312. The zero-order valence-electron chi connectivity index (χ0n) is 12.7. The van der Waals surface area contributed by atoms with Gasteiger partial charge in [-0.1, -0.05) is 56.0 Å². The molecule has 0 spiro atoms. The maximum Gasteiger partial charge on any atom is 0.326 e. The molecule has 2 rings (SSSR count). The Hall–Kier alpha value is -1.86. The van der Waals surface area contributed by atoms with Crippen LogP contribution in [0.5, 0.6) is 5.75 Å². The third kappa shape index (κ3) is 3.92. The quantitative estimate of drug-likeness (QED) is 0.627. The number of thioether (sulfide) groups is 1. The molecule has 0 saturated carbocycles. The fourth-order valence-electron chi connectivity index (χ4n) is 2.26. The summed E-state index contributed by atoms with van der Waals surface area (Å²) in [4.78, 5) is 25.5. The van der Waals surface area contributed by atoms with E-state index in [1.54, 1.807) is 18.2 Å². The second kappa shape index (κ2) is 7.14.